The Balaban J connectivity index is 1.75. The number of carbonyl (C=O) groups excluding carboxylic acids is 1. The van der Waals surface area contributed by atoms with Crippen molar-refractivity contribution in [3.05, 3.63) is 45.9 Å². The van der Waals surface area contributed by atoms with Crippen molar-refractivity contribution in [2.75, 3.05) is 19.7 Å². The Morgan fingerprint density at radius 3 is 3.20 bits per heavy atom. The number of rotatable bonds is 2. The Labute approximate surface area is 121 Å². The molecule has 20 heavy (non-hydrogen) atoms. The van der Waals surface area contributed by atoms with Crippen molar-refractivity contribution in [1.29, 1.82) is 0 Å². The van der Waals surface area contributed by atoms with E-state index in [1.54, 1.807) is 17.4 Å². The summed E-state index contributed by atoms with van der Waals surface area (Å²) < 4.78 is 5.75. The lowest BCUT2D eigenvalue weighted by Gasteiger charge is -2.32. The third-order valence-electron chi connectivity index (χ3n) is 3.29. The summed E-state index contributed by atoms with van der Waals surface area (Å²) in [5.74, 6) is -0.00784. The zero-order valence-corrected chi connectivity index (χ0v) is 12.0. The largest absolute Gasteiger partial charge is 0.370 e. The van der Waals surface area contributed by atoms with Crippen LogP contribution in [-0.4, -0.2) is 40.7 Å². The topological polar surface area (TPSA) is 55.3 Å². The molecule has 1 fully saturated rings. The predicted molar refractivity (Wildman–Crippen MR) is 75.7 cm³/mol. The van der Waals surface area contributed by atoms with Gasteiger partial charge in [-0.1, -0.05) is 0 Å². The third kappa shape index (κ3) is 2.71. The van der Waals surface area contributed by atoms with E-state index in [0.29, 0.717) is 25.3 Å². The van der Waals surface area contributed by atoms with Crippen molar-refractivity contribution in [1.82, 2.24) is 15.1 Å². The highest BCUT2D eigenvalue weighted by Gasteiger charge is 2.26. The van der Waals surface area contributed by atoms with Crippen molar-refractivity contribution in [3.8, 4) is 0 Å². The molecule has 2 aromatic heterocycles. The van der Waals surface area contributed by atoms with Gasteiger partial charge in [-0.05, 0) is 35.4 Å². The molecule has 1 aliphatic rings. The molecular formula is C14H15N3O2S. The first kappa shape index (κ1) is 13.2. The van der Waals surface area contributed by atoms with Gasteiger partial charge in [-0.15, -0.1) is 0 Å². The molecule has 5 nitrogen and oxygen atoms in total. The number of morpholine rings is 1. The number of nitrogens with zero attached hydrogens (tertiary/aromatic N) is 3. The molecule has 6 heteroatoms. The first-order valence-electron chi connectivity index (χ1n) is 6.46. The van der Waals surface area contributed by atoms with Crippen LogP contribution in [0.5, 0.6) is 0 Å². The summed E-state index contributed by atoms with van der Waals surface area (Å²) in [5, 5.41) is 11.8. The van der Waals surface area contributed by atoms with E-state index >= 15 is 0 Å². The lowest BCUT2D eigenvalue weighted by atomic mass is 10.1. The first-order chi connectivity index (χ1) is 9.74. The van der Waals surface area contributed by atoms with E-state index in [1.165, 1.54) is 6.20 Å². The number of ether oxygens (including phenoxy) is 1. The van der Waals surface area contributed by atoms with Gasteiger partial charge in [0.25, 0.3) is 5.91 Å². The van der Waals surface area contributed by atoms with Crippen molar-refractivity contribution < 1.29 is 9.53 Å². The molecule has 0 spiro atoms. The molecule has 2 aromatic rings. The quantitative estimate of drug-likeness (QED) is 0.849. The fourth-order valence-electron chi connectivity index (χ4n) is 2.27. The van der Waals surface area contributed by atoms with E-state index < -0.39 is 0 Å². The second-order valence-electron chi connectivity index (χ2n) is 4.75. The second kappa shape index (κ2) is 5.68. The Bertz CT molecular complexity index is 600. The summed E-state index contributed by atoms with van der Waals surface area (Å²) in [6, 6.07) is 3.81. The van der Waals surface area contributed by atoms with Crippen molar-refractivity contribution >= 4 is 17.2 Å². The molecular weight excluding hydrogens is 274 g/mol. The molecule has 1 unspecified atom stereocenters. The van der Waals surface area contributed by atoms with Crippen molar-refractivity contribution in [2.45, 2.75) is 13.0 Å². The molecule has 104 valence electrons. The molecule has 1 amide bonds. The number of hydrogen-bond donors (Lipinski definition) is 0. The summed E-state index contributed by atoms with van der Waals surface area (Å²) in [5.41, 5.74) is 2.47. The molecule has 0 N–H and O–H groups in total. The maximum Gasteiger partial charge on any atom is 0.255 e. The van der Waals surface area contributed by atoms with Crippen LogP contribution in [0.2, 0.25) is 0 Å². The summed E-state index contributed by atoms with van der Waals surface area (Å²) in [6.45, 7) is 3.58. The minimum Gasteiger partial charge on any atom is -0.370 e. The summed E-state index contributed by atoms with van der Waals surface area (Å²) in [4.78, 5) is 14.3. The van der Waals surface area contributed by atoms with Crippen LogP contribution >= 0.6 is 11.3 Å². The zero-order valence-electron chi connectivity index (χ0n) is 11.2. The van der Waals surface area contributed by atoms with Gasteiger partial charge in [-0.2, -0.15) is 21.5 Å². The normalized spacial score (nSPS) is 19.1. The summed E-state index contributed by atoms with van der Waals surface area (Å²) in [7, 11) is 0. The Kier molecular flexibility index (Phi) is 3.75. The Morgan fingerprint density at radius 2 is 2.45 bits per heavy atom. The molecule has 1 atom stereocenters. The first-order valence-corrected chi connectivity index (χ1v) is 7.40. The fourth-order valence-corrected chi connectivity index (χ4v) is 2.97. The molecule has 0 saturated carbocycles. The van der Waals surface area contributed by atoms with Gasteiger partial charge in [0.1, 0.15) is 6.10 Å². The van der Waals surface area contributed by atoms with E-state index in [4.69, 9.17) is 4.74 Å². The van der Waals surface area contributed by atoms with Gasteiger partial charge in [-0.25, -0.2) is 0 Å². The van der Waals surface area contributed by atoms with Crippen LogP contribution in [0, 0.1) is 6.92 Å². The molecule has 3 heterocycles. The van der Waals surface area contributed by atoms with Crippen LogP contribution < -0.4 is 0 Å². The van der Waals surface area contributed by atoms with Gasteiger partial charge in [0.15, 0.2) is 0 Å². The van der Waals surface area contributed by atoms with Crippen molar-refractivity contribution in [2.24, 2.45) is 0 Å². The van der Waals surface area contributed by atoms with Crippen LogP contribution in [0.25, 0.3) is 0 Å². The van der Waals surface area contributed by atoms with Gasteiger partial charge >= 0.3 is 0 Å². The lowest BCUT2D eigenvalue weighted by molar-refractivity contribution is -0.0226. The number of carbonyl (C=O) groups is 1. The number of aromatic nitrogens is 2. The smallest absolute Gasteiger partial charge is 0.255 e. The highest BCUT2D eigenvalue weighted by Crippen LogP contribution is 2.24. The van der Waals surface area contributed by atoms with Gasteiger partial charge in [0.2, 0.25) is 0 Å². The van der Waals surface area contributed by atoms with E-state index in [-0.39, 0.29) is 12.0 Å². The number of hydrogen-bond acceptors (Lipinski definition) is 5. The van der Waals surface area contributed by atoms with E-state index in [0.717, 1.165) is 11.3 Å². The van der Waals surface area contributed by atoms with Crippen LogP contribution in [0.4, 0.5) is 0 Å². The minimum absolute atomic E-state index is 0.00784. The molecule has 1 aliphatic heterocycles. The highest BCUT2D eigenvalue weighted by molar-refractivity contribution is 7.07. The number of aryl methyl sites for hydroxylation is 1. The summed E-state index contributed by atoms with van der Waals surface area (Å²) >= 11 is 1.64. The molecule has 0 aliphatic carbocycles. The third-order valence-corrected chi connectivity index (χ3v) is 3.99. The summed E-state index contributed by atoms with van der Waals surface area (Å²) in [6.07, 6.45) is 1.49. The van der Waals surface area contributed by atoms with Gasteiger partial charge in [-0.3, -0.25) is 4.79 Å². The monoisotopic (exact) mass is 289 g/mol. The maximum absolute atomic E-state index is 12.5. The van der Waals surface area contributed by atoms with E-state index in [9.17, 15) is 4.79 Å². The molecule has 3 rings (SSSR count). The second-order valence-corrected chi connectivity index (χ2v) is 5.53. The molecule has 0 radical (unpaired) electrons. The minimum atomic E-state index is -0.0326. The van der Waals surface area contributed by atoms with Crippen LogP contribution in [-0.2, 0) is 4.74 Å². The lowest BCUT2D eigenvalue weighted by Crippen LogP contribution is -2.42. The predicted octanol–water partition coefficient (Wildman–Crippen LogP) is 2.06. The molecule has 0 bridgehead atoms. The van der Waals surface area contributed by atoms with Gasteiger partial charge in [0.05, 0.1) is 30.6 Å². The average molecular weight is 289 g/mol. The number of thiophene rings is 1. The van der Waals surface area contributed by atoms with Crippen molar-refractivity contribution in [3.63, 3.8) is 0 Å². The maximum atomic E-state index is 12.5. The average Bonchev–Trinajstić information content (AvgIpc) is 3.01. The van der Waals surface area contributed by atoms with Gasteiger partial charge < -0.3 is 9.64 Å². The molecule has 0 aromatic carbocycles. The van der Waals surface area contributed by atoms with Gasteiger partial charge in [0, 0.05) is 6.54 Å². The molecule has 1 saturated heterocycles. The van der Waals surface area contributed by atoms with E-state index in [2.05, 4.69) is 15.6 Å². The van der Waals surface area contributed by atoms with Crippen LogP contribution in [0.3, 0.4) is 0 Å². The Morgan fingerprint density at radius 1 is 1.55 bits per heavy atom. The van der Waals surface area contributed by atoms with Crippen LogP contribution in [0.1, 0.15) is 27.7 Å². The standard InChI is InChI=1S/C14H15N3O2S/c1-10-6-12(7-15-16-10)14(18)17-3-4-19-13(8-17)11-2-5-20-9-11/h2,5-7,9,13H,3-4,8H2,1H3. The fraction of sp³-hybridized carbons (Fsp3) is 0.357. The van der Waals surface area contributed by atoms with E-state index in [1.807, 2.05) is 23.3 Å². The zero-order chi connectivity index (χ0) is 13.9. The number of amides is 1. The van der Waals surface area contributed by atoms with Crippen LogP contribution in [0.15, 0.2) is 29.1 Å². The highest BCUT2D eigenvalue weighted by atomic mass is 32.1. The SMILES string of the molecule is Cc1cc(C(=O)N2CCOC(c3ccsc3)C2)cnn1. The Hall–Kier alpha value is -1.79.